The van der Waals surface area contributed by atoms with E-state index in [1.165, 1.54) is 18.5 Å². The first-order valence-corrected chi connectivity index (χ1v) is 8.74. The lowest BCUT2D eigenvalue weighted by Gasteiger charge is -2.13. The van der Waals surface area contributed by atoms with Crippen LogP contribution in [0, 0.1) is 0 Å². The highest BCUT2D eigenvalue weighted by atomic mass is 32.2. The summed E-state index contributed by atoms with van der Waals surface area (Å²) in [6.07, 6.45) is 1.53. The van der Waals surface area contributed by atoms with Crippen LogP contribution in [0.25, 0.3) is 11.0 Å². The second-order valence-corrected chi connectivity index (χ2v) is 6.92. The first-order valence-electron chi connectivity index (χ1n) is 7.33. The fraction of sp³-hybridized carbons (Fsp3) is 0.188. The van der Waals surface area contributed by atoms with Crippen LogP contribution in [0.1, 0.15) is 6.92 Å². The van der Waals surface area contributed by atoms with E-state index in [4.69, 9.17) is 9.29 Å². The van der Waals surface area contributed by atoms with E-state index in [0.717, 1.165) is 11.2 Å². The summed E-state index contributed by atoms with van der Waals surface area (Å²) in [7, 11) is -3.93. The molecule has 3 aromatic rings. The van der Waals surface area contributed by atoms with E-state index >= 15 is 0 Å². The first kappa shape index (κ1) is 16.3. The molecule has 0 aliphatic heterocycles. The Morgan fingerprint density at radius 3 is 2.71 bits per heavy atom. The molecule has 0 amide bonds. The van der Waals surface area contributed by atoms with Gasteiger partial charge in [-0.1, -0.05) is 0 Å². The van der Waals surface area contributed by atoms with E-state index in [1.54, 1.807) is 30.3 Å². The van der Waals surface area contributed by atoms with E-state index in [1.807, 2.05) is 6.92 Å². The number of aliphatic hydroxyl groups is 1. The minimum Gasteiger partial charge on any atom is -0.394 e. The number of hydrogen-bond donors (Lipinski definition) is 3. The number of aromatic amines is 1. The van der Waals surface area contributed by atoms with Gasteiger partial charge in [-0.05, 0) is 43.3 Å². The molecule has 3 N–H and O–H groups in total. The van der Waals surface area contributed by atoms with Crippen molar-refractivity contribution >= 4 is 26.8 Å². The number of hydrogen-bond acceptors (Lipinski definition) is 6. The molecule has 8 heteroatoms. The van der Waals surface area contributed by atoms with Gasteiger partial charge in [-0.2, -0.15) is 8.42 Å². The maximum Gasteiger partial charge on any atom is 0.339 e. The zero-order chi connectivity index (χ0) is 17.2. The molecule has 0 aliphatic rings. The van der Waals surface area contributed by atoms with Crippen LogP contribution in [0.2, 0.25) is 0 Å². The average Bonchev–Trinajstić information content (AvgIpc) is 3.02. The zero-order valence-corrected chi connectivity index (χ0v) is 13.7. The molecule has 1 atom stereocenters. The van der Waals surface area contributed by atoms with Gasteiger partial charge in [-0.15, -0.1) is 0 Å². The summed E-state index contributed by atoms with van der Waals surface area (Å²) >= 11 is 0. The van der Waals surface area contributed by atoms with Crippen molar-refractivity contribution in [2.24, 2.45) is 0 Å². The molecule has 0 bridgehead atoms. The molecule has 2 aromatic carbocycles. The van der Waals surface area contributed by atoms with Gasteiger partial charge in [-0.25, -0.2) is 4.98 Å². The Morgan fingerprint density at radius 1 is 1.25 bits per heavy atom. The van der Waals surface area contributed by atoms with Crippen LogP contribution in [-0.2, 0) is 10.1 Å². The van der Waals surface area contributed by atoms with Crippen LogP contribution < -0.4 is 9.50 Å². The van der Waals surface area contributed by atoms with Gasteiger partial charge in [0, 0.05) is 17.8 Å². The van der Waals surface area contributed by atoms with Gasteiger partial charge in [0.25, 0.3) is 0 Å². The smallest absolute Gasteiger partial charge is 0.339 e. The predicted octanol–water partition coefficient (Wildman–Crippen LogP) is 2.12. The van der Waals surface area contributed by atoms with Crippen LogP contribution in [0.15, 0.2) is 53.7 Å². The van der Waals surface area contributed by atoms with Gasteiger partial charge in [0.05, 0.1) is 24.0 Å². The van der Waals surface area contributed by atoms with Gasteiger partial charge >= 0.3 is 10.1 Å². The summed E-state index contributed by atoms with van der Waals surface area (Å²) in [4.78, 5) is 7.02. The quantitative estimate of drug-likeness (QED) is 0.590. The SMILES string of the molecule is CC(CO)Nc1ccc(S(=O)(=O)Oc2ccc3nc[nH]c3c2)cc1. The normalized spacial score (nSPS) is 12.9. The van der Waals surface area contributed by atoms with Crippen LogP contribution >= 0.6 is 0 Å². The largest absolute Gasteiger partial charge is 0.394 e. The van der Waals surface area contributed by atoms with Crippen molar-refractivity contribution in [3.8, 4) is 5.75 Å². The van der Waals surface area contributed by atoms with Crippen molar-refractivity contribution in [1.29, 1.82) is 0 Å². The highest BCUT2D eigenvalue weighted by Crippen LogP contribution is 2.23. The molecule has 0 saturated carbocycles. The molecule has 0 radical (unpaired) electrons. The van der Waals surface area contributed by atoms with Crippen LogP contribution in [0.5, 0.6) is 5.75 Å². The number of nitrogens with one attached hydrogen (secondary N) is 2. The topological polar surface area (TPSA) is 104 Å². The lowest BCUT2D eigenvalue weighted by molar-refractivity contribution is 0.281. The minimum absolute atomic E-state index is 0.0146. The predicted molar refractivity (Wildman–Crippen MR) is 90.5 cm³/mol. The highest BCUT2D eigenvalue weighted by Gasteiger charge is 2.17. The zero-order valence-electron chi connectivity index (χ0n) is 12.9. The number of rotatable bonds is 6. The Morgan fingerprint density at radius 2 is 2.00 bits per heavy atom. The van der Waals surface area contributed by atoms with Crippen molar-refractivity contribution in [1.82, 2.24) is 9.97 Å². The Bertz CT molecular complexity index is 935. The fourth-order valence-electron chi connectivity index (χ4n) is 2.19. The van der Waals surface area contributed by atoms with Gasteiger partial charge in [0.2, 0.25) is 0 Å². The summed E-state index contributed by atoms with van der Waals surface area (Å²) in [5.41, 5.74) is 2.14. The Labute approximate surface area is 139 Å². The molecule has 0 fully saturated rings. The van der Waals surface area contributed by atoms with Crippen LogP contribution in [0.4, 0.5) is 5.69 Å². The van der Waals surface area contributed by atoms with Crippen LogP contribution in [-0.4, -0.2) is 36.1 Å². The maximum absolute atomic E-state index is 12.4. The molecule has 0 saturated heterocycles. The lowest BCUT2D eigenvalue weighted by Crippen LogP contribution is -2.19. The molecule has 7 nitrogen and oxygen atoms in total. The second kappa shape index (κ2) is 6.50. The van der Waals surface area contributed by atoms with E-state index < -0.39 is 10.1 Å². The van der Waals surface area contributed by atoms with Crippen molar-refractivity contribution in [2.45, 2.75) is 17.9 Å². The third-order valence-corrected chi connectivity index (χ3v) is 4.69. The standard InChI is InChI=1S/C16H17N3O4S/c1-11(9-20)19-12-2-5-14(6-3-12)24(21,22)23-13-4-7-15-16(8-13)18-10-17-15/h2-8,10-11,19-20H,9H2,1H3,(H,17,18). The number of aromatic nitrogens is 2. The maximum atomic E-state index is 12.4. The molecule has 1 unspecified atom stereocenters. The number of fused-ring (bicyclic) bond motifs is 1. The fourth-order valence-corrected chi connectivity index (χ4v) is 3.11. The number of aliphatic hydroxyl groups excluding tert-OH is 1. The Kier molecular flexibility index (Phi) is 4.41. The molecule has 3 rings (SSSR count). The van der Waals surface area contributed by atoms with Crippen molar-refractivity contribution in [3.63, 3.8) is 0 Å². The third kappa shape index (κ3) is 3.50. The molecule has 126 valence electrons. The van der Waals surface area contributed by atoms with Gasteiger partial charge in [0.1, 0.15) is 10.6 Å². The molecular formula is C16H17N3O4S. The van der Waals surface area contributed by atoms with Crippen molar-refractivity contribution in [3.05, 3.63) is 48.8 Å². The number of imidazole rings is 1. The molecule has 24 heavy (non-hydrogen) atoms. The number of benzene rings is 2. The van der Waals surface area contributed by atoms with Gasteiger partial charge in [0.15, 0.2) is 0 Å². The Hall–Kier alpha value is -2.58. The van der Waals surface area contributed by atoms with Crippen LogP contribution in [0.3, 0.4) is 0 Å². The first-order chi connectivity index (χ1) is 11.5. The summed E-state index contributed by atoms with van der Waals surface area (Å²) in [6.45, 7) is 1.80. The summed E-state index contributed by atoms with van der Waals surface area (Å²) in [5, 5.41) is 12.1. The summed E-state index contributed by atoms with van der Waals surface area (Å²) in [5.74, 6) is 0.211. The molecule has 0 aliphatic carbocycles. The number of nitrogens with zero attached hydrogens (tertiary/aromatic N) is 1. The average molecular weight is 347 g/mol. The molecule has 1 heterocycles. The lowest BCUT2D eigenvalue weighted by atomic mass is 10.3. The van der Waals surface area contributed by atoms with Crippen molar-refractivity contribution < 1.29 is 17.7 Å². The second-order valence-electron chi connectivity index (χ2n) is 5.37. The molecular weight excluding hydrogens is 330 g/mol. The van der Waals surface area contributed by atoms with E-state index in [9.17, 15) is 8.42 Å². The van der Waals surface area contributed by atoms with E-state index in [2.05, 4.69) is 15.3 Å². The molecule has 1 aromatic heterocycles. The van der Waals surface area contributed by atoms with E-state index in [-0.39, 0.29) is 23.3 Å². The van der Waals surface area contributed by atoms with Gasteiger partial charge < -0.3 is 19.6 Å². The Balaban J connectivity index is 1.79. The monoisotopic (exact) mass is 347 g/mol. The molecule has 0 spiro atoms. The number of H-pyrrole nitrogens is 1. The minimum atomic E-state index is -3.93. The van der Waals surface area contributed by atoms with Crippen molar-refractivity contribution in [2.75, 3.05) is 11.9 Å². The highest BCUT2D eigenvalue weighted by molar-refractivity contribution is 7.87. The third-order valence-electron chi connectivity index (χ3n) is 3.43. The number of anilines is 1. The summed E-state index contributed by atoms with van der Waals surface area (Å²) in [6, 6.07) is 10.9. The summed E-state index contributed by atoms with van der Waals surface area (Å²) < 4.78 is 29.9. The van der Waals surface area contributed by atoms with Gasteiger partial charge in [-0.3, -0.25) is 0 Å². The van der Waals surface area contributed by atoms with E-state index in [0.29, 0.717) is 5.52 Å².